The van der Waals surface area contributed by atoms with Crippen molar-refractivity contribution >= 4 is 11.6 Å². The molecule has 1 fully saturated rings. The molecule has 1 heterocycles. The highest BCUT2D eigenvalue weighted by molar-refractivity contribution is 5.93. The third kappa shape index (κ3) is 3.87. The molecule has 138 valence electrons. The van der Waals surface area contributed by atoms with Crippen LogP contribution in [0.4, 0.5) is 5.69 Å². The lowest BCUT2D eigenvalue weighted by Crippen LogP contribution is -2.25. The summed E-state index contributed by atoms with van der Waals surface area (Å²) in [5, 5.41) is 7.73. The van der Waals surface area contributed by atoms with E-state index in [-0.39, 0.29) is 5.91 Å². The highest BCUT2D eigenvalue weighted by atomic mass is 16.2. The molecule has 1 N–H and O–H groups in total. The molecule has 5 nitrogen and oxygen atoms in total. The smallest absolute Gasteiger partial charge is 0.270 e. The molecule has 0 bridgehead atoms. The lowest BCUT2D eigenvalue weighted by molar-refractivity contribution is 0.0943. The molecule has 1 aliphatic rings. The van der Waals surface area contributed by atoms with Crippen molar-refractivity contribution in [2.45, 2.75) is 25.3 Å². The van der Waals surface area contributed by atoms with Gasteiger partial charge in [0.25, 0.3) is 5.91 Å². The predicted octanol–water partition coefficient (Wildman–Crippen LogP) is 3.75. The van der Waals surface area contributed by atoms with E-state index in [9.17, 15) is 4.79 Å². The zero-order valence-electron chi connectivity index (χ0n) is 15.7. The summed E-state index contributed by atoms with van der Waals surface area (Å²) in [7, 11) is 4.03. The summed E-state index contributed by atoms with van der Waals surface area (Å²) in [6, 6.07) is 20.0. The summed E-state index contributed by atoms with van der Waals surface area (Å²) in [6.45, 7) is 0.491. The average molecular weight is 360 g/mol. The molecule has 0 aliphatic heterocycles. The second-order valence-corrected chi connectivity index (χ2v) is 7.22. The first-order valence-electron chi connectivity index (χ1n) is 9.31. The van der Waals surface area contributed by atoms with E-state index < -0.39 is 0 Å². The molecule has 0 radical (unpaired) electrons. The van der Waals surface area contributed by atoms with E-state index in [1.165, 1.54) is 0 Å². The van der Waals surface area contributed by atoms with Gasteiger partial charge in [-0.1, -0.05) is 30.3 Å². The SMILES string of the molecule is CN(C)c1ccc(CNC(=O)c2cc(C3CC3)nn2-c2ccccc2)cc1. The number of nitrogens with one attached hydrogen (secondary N) is 1. The summed E-state index contributed by atoms with van der Waals surface area (Å²) in [5.74, 6) is 0.398. The highest BCUT2D eigenvalue weighted by Gasteiger charge is 2.29. The van der Waals surface area contributed by atoms with Gasteiger partial charge in [-0.15, -0.1) is 0 Å². The molecule has 0 spiro atoms. The maximum atomic E-state index is 12.9. The van der Waals surface area contributed by atoms with Gasteiger partial charge >= 0.3 is 0 Å². The van der Waals surface area contributed by atoms with Crippen molar-refractivity contribution in [2.24, 2.45) is 0 Å². The Kier molecular flexibility index (Phi) is 4.67. The van der Waals surface area contributed by atoms with Crippen LogP contribution in [0.25, 0.3) is 5.69 Å². The van der Waals surface area contributed by atoms with Gasteiger partial charge in [0.05, 0.1) is 11.4 Å². The minimum Gasteiger partial charge on any atom is -0.378 e. The molecular weight excluding hydrogens is 336 g/mol. The van der Waals surface area contributed by atoms with Crippen molar-refractivity contribution in [3.05, 3.63) is 77.6 Å². The Hall–Kier alpha value is -3.08. The maximum absolute atomic E-state index is 12.9. The van der Waals surface area contributed by atoms with Crippen molar-refractivity contribution in [1.82, 2.24) is 15.1 Å². The molecule has 0 atom stereocenters. The Bertz CT molecular complexity index is 925. The Balaban J connectivity index is 1.52. The first-order chi connectivity index (χ1) is 13.1. The quantitative estimate of drug-likeness (QED) is 0.728. The van der Waals surface area contributed by atoms with Crippen LogP contribution in [0, 0.1) is 0 Å². The fourth-order valence-electron chi connectivity index (χ4n) is 3.09. The Morgan fingerprint density at radius 3 is 2.44 bits per heavy atom. The molecular formula is C22H24N4O. The Morgan fingerprint density at radius 2 is 1.81 bits per heavy atom. The van der Waals surface area contributed by atoms with Crippen LogP contribution in [-0.2, 0) is 6.54 Å². The van der Waals surface area contributed by atoms with Gasteiger partial charge in [0.2, 0.25) is 0 Å². The van der Waals surface area contributed by atoms with Crippen LogP contribution >= 0.6 is 0 Å². The van der Waals surface area contributed by atoms with Crippen LogP contribution in [0.2, 0.25) is 0 Å². The number of para-hydroxylation sites is 1. The van der Waals surface area contributed by atoms with E-state index in [4.69, 9.17) is 5.10 Å². The molecule has 0 saturated heterocycles. The average Bonchev–Trinajstić information content (AvgIpc) is 3.45. The van der Waals surface area contributed by atoms with Crippen molar-refractivity contribution in [3.8, 4) is 5.69 Å². The zero-order valence-corrected chi connectivity index (χ0v) is 15.7. The van der Waals surface area contributed by atoms with Crippen LogP contribution in [-0.4, -0.2) is 29.8 Å². The molecule has 1 aromatic heterocycles. The summed E-state index contributed by atoms with van der Waals surface area (Å²) >= 11 is 0. The van der Waals surface area contributed by atoms with Crippen LogP contribution < -0.4 is 10.2 Å². The fourth-order valence-corrected chi connectivity index (χ4v) is 3.09. The third-order valence-electron chi connectivity index (χ3n) is 4.86. The van der Waals surface area contributed by atoms with E-state index in [0.717, 1.165) is 35.5 Å². The van der Waals surface area contributed by atoms with E-state index >= 15 is 0 Å². The normalized spacial score (nSPS) is 13.4. The Morgan fingerprint density at radius 1 is 1.11 bits per heavy atom. The minimum absolute atomic E-state index is 0.102. The first kappa shape index (κ1) is 17.3. The van der Waals surface area contributed by atoms with Gasteiger partial charge in [-0.25, -0.2) is 4.68 Å². The van der Waals surface area contributed by atoms with Crippen molar-refractivity contribution in [3.63, 3.8) is 0 Å². The molecule has 4 rings (SSSR count). The van der Waals surface area contributed by atoms with Gasteiger partial charge in [0.1, 0.15) is 5.69 Å². The van der Waals surface area contributed by atoms with Gasteiger partial charge in [0.15, 0.2) is 0 Å². The number of benzene rings is 2. The molecule has 1 aliphatic carbocycles. The second-order valence-electron chi connectivity index (χ2n) is 7.22. The van der Waals surface area contributed by atoms with Gasteiger partial charge in [-0.2, -0.15) is 5.10 Å². The number of hydrogen-bond acceptors (Lipinski definition) is 3. The lowest BCUT2D eigenvalue weighted by Gasteiger charge is -2.13. The fraction of sp³-hybridized carbons (Fsp3) is 0.273. The van der Waals surface area contributed by atoms with E-state index in [1.54, 1.807) is 4.68 Å². The van der Waals surface area contributed by atoms with Gasteiger partial charge in [-0.05, 0) is 48.7 Å². The number of amides is 1. The largest absolute Gasteiger partial charge is 0.378 e. The molecule has 2 aromatic carbocycles. The molecule has 1 saturated carbocycles. The summed E-state index contributed by atoms with van der Waals surface area (Å²) < 4.78 is 1.76. The highest BCUT2D eigenvalue weighted by Crippen LogP contribution is 2.39. The number of carbonyl (C=O) groups is 1. The topological polar surface area (TPSA) is 50.2 Å². The Labute approximate surface area is 159 Å². The predicted molar refractivity (Wildman–Crippen MR) is 107 cm³/mol. The number of carbonyl (C=O) groups excluding carboxylic acids is 1. The van der Waals surface area contributed by atoms with E-state index in [0.29, 0.717) is 18.2 Å². The standard InChI is InChI=1S/C22H24N4O/c1-25(2)18-12-8-16(9-13-18)15-23-22(27)21-14-20(17-10-11-17)24-26(21)19-6-4-3-5-7-19/h3-9,12-14,17H,10-11,15H2,1-2H3,(H,23,27). The van der Waals surface area contributed by atoms with Gasteiger partial charge < -0.3 is 10.2 Å². The number of anilines is 1. The van der Waals surface area contributed by atoms with Crippen LogP contribution in [0.5, 0.6) is 0 Å². The number of rotatable bonds is 6. The van der Waals surface area contributed by atoms with Gasteiger partial charge in [0, 0.05) is 32.2 Å². The van der Waals surface area contributed by atoms with Crippen molar-refractivity contribution in [1.29, 1.82) is 0 Å². The monoisotopic (exact) mass is 360 g/mol. The maximum Gasteiger partial charge on any atom is 0.270 e. The number of aromatic nitrogens is 2. The van der Waals surface area contributed by atoms with Crippen molar-refractivity contribution < 1.29 is 4.79 Å². The molecule has 27 heavy (non-hydrogen) atoms. The van der Waals surface area contributed by atoms with Crippen LogP contribution in [0.15, 0.2) is 60.7 Å². The van der Waals surface area contributed by atoms with Gasteiger partial charge in [-0.3, -0.25) is 4.79 Å². The van der Waals surface area contributed by atoms with Crippen LogP contribution in [0.3, 0.4) is 0 Å². The molecule has 3 aromatic rings. The number of hydrogen-bond donors (Lipinski definition) is 1. The van der Waals surface area contributed by atoms with E-state index in [1.807, 2.05) is 62.6 Å². The summed E-state index contributed by atoms with van der Waals surface area (Å²) in [5.41, 5.74) is 4.72. The lowest BCUT2D eigenvalue weighted by atomic mass is 10.2. The zero-order chi connectivity index (χ0) is 18.8. The molecule has 1 amide bonds. The molecule has 0 unspecified atom stereocenters. The van der Waals surface area contributed by atoms with Crippen molar-refractivity contribution in [2.75, 3.05) is 19.0 Å². The second kappa shape index (κ2) is 7.27. The minimum atomic E-state index is -0.102. The van der Waals surface area contributed by atoms with Crippen LogP contribution in [0.1, 0.15) is 40.5 Å². The summed E-state index contributed by atoms with van der Waals surface area (Å²) in [6.07, 6.45) is 2.32. The first-order valence-corrected chi connectivity index (χ1v) is 9.31. The van der Waals surface area contributed by atoms with E-state index in [2.05, 4.69) is 22.3 Å². The number of nitrogens with zero attached hydrogens (tertiary/aromatic N) is 3. The molecule has 5 heteroatoms. The summed E-state index contributed by atoms with van der Waals surface area (Å²) in [4.78, 5) is 14.9. The third-order valence-corrected chi connectivity index (χ3v) is 4.86.